The maximum atomic E-state index is 6.17. The van der Waals surface area contributed by atoms with Crippen LogP contribution >= 0.6 is 0 Å². The Morgan fingerprint density at radius 3 is 2.18 bits per heavy atom. The molecule has 22 heavy (non-hydrogen) atoms. The molecule has 3 rings (SSSR count). The zero-order valence-corrected chi connectivity index (χ0v) is 12.4. The molecule has 0 heterocycles. The van der Waals surface area contributed by atoms with E-state index in [2.05, 4.69) is 28.2 Å². The number of nitrogens with two attached hydrogens (primary N) is 1. The third kappa shape index (κ3) is 2.88. The van der Waals surface area contributed by atoms with E-state index < -0.39 is 0 Å². The lowest BCUT2D eigenvalue weighted by Gasteiger charge is -2.05. The van der Waals surface area contributed by atoms with Crippen LogP contribution in [0, 0.1) is 0 Å². The van der Waals surface area contributed by atoms with Crippen LogP contribution in [0.4, 0.5) is 0 Å². The van der Waals surface area contributed by atoms with Crippen LogP contribution in [0.5, 0.6) is 0 Å². The summed E-state index contributed by atoms with van der Waals surface area (Å²) in [5.74, 6) is 1.10. The Balaban J connectivity index is 1.98. The van der Waals surface area contributed by atoms with E-state index in [9.17, 15) is 0 Å². The largest absolute Gasteiger partial charge is 0.383 e. The summed E-state index contributed by atoms with van der Waals surface area (Å²) in [5, 5.41) is 2.33. The van der Waals surface area contributed by atoms with Crippen LogP contribution in [0.2, 0.25) is 0 Å². The van der Waals surface area contributed by atoms with Gasteiger partial charge in [0, 0.05) is 18.2 Å². The van der Waals surface area contributed by atoms with Gasteiger partial charge in [0.25, 0.3) is 0 Å². The van der Waals surface area contributed by atoms with Crippen molar-refractivity contribution in [2.24, 2.45) is 15.7 Å². The molecule has 0 aromatic heterocycles. The zero-order chi connectivity index (χ0) is 15.4. The van der Waals surface area contributed by atoms with Crippen LogP contribution in [0.25, 0.3) is 10.8 Å². The molecule has 0 unspecified atom stereocenters. The fraction of sp³-hybridized carbons (Fsp3) is 0.0526. The molecule has 0 bridgehead atoms. The van der Waals surface area contributed by atoms with Crippen LogP contribution in [-0.2, 0) is 0 Å². The molecule has 0 atom stereocenters. The van der Waals surface area contributed by atoms with Crippen molar-refractivity contribution in [2.45, 2.75) is 0 Å². The molecule has 0 aliphatic rings. The SMILES string of the molecule is CN=C(N=C(N)c1ccc2ccccc2c1)c1ccccc1. The summed E-state index contributed by atoms with van der Waals surface area (Å²) in [4.78, 5) is 8.72. The van der Waals surface area contributed by atoms with Gasteiger partial charge in [-0.15, -0.1) is 0 Å². The summed E-state index contributed by atoms with van der Waals surface area (Å²) in [6.45, 7) is 0. The second-order valence-electron chi connectivity index (χ2n) is 4.97. The molecule has 108 valence electrons. The van der Waals surface area contributed by atoms with Gasteiger partial charge in [-0.1, -0.05) is 66.7 Å². The molecule has 0 aliphatic heterocycles. The van der Waals surface area contributed by atoms with E-state index in [1.165, 1.54) is 5.39 Å². The minimum atomic E-state index is 0.468. The zero-order valence-electron chi connectivity index (χ0n) is 12.4. The van der Waals surface area contributed by atoms with Crippen LogP contribution in [0.1, 0.15) is 11.1 Å². The number of aliphatic imine (C=N–C) groups is 2. The summed E-state index contributed by atoms with van der Waals surface area (Å²) in [5.41, 5.74) is 8.02. The monoisotopic (exact) mass is 287 g/mol. The Bertz CT molecular complexity index is 849. The Hall–Kier alpha value is -2.94. The van der Waals surface area contributed by atoms with E-state index >= 15 is 0 Å². The normalized spacial score (nSPS) is 12.6. The first-order valence-electron chi connectivity index (χ1n) is 7.13. The molecule has 0 saturated carbocycles. The predicted octanol–water partition coefficient (Wildman–Crippen LogP) is 3.62. The second-order valence-corrected chi connectivity index (χ2v) is 4.97. The van der Waals surface area contributed by atoms with Gasteiger partial charge >= 0.3 is 0 Å². The van der Waals surface area contributed by atoms with E-state index in [-0.39, 0.29) is 0 Å². The molecule has 3 aromatic carbocycles. The molecule has 3 nitrogen and oxygen atoms in total. The molecule has 3 heteroatoms. The predicted molar refractivity (Wildman–Crippen MR) is 93.6 cm³/mol. The lowest BCUT2D eigenvalue weighted by atomic mass is 10.1. The number of rotatable bonds is 2. The maximum absolute atomic E-state index is 6.17. The minimum Gasteiger partial charge on any atom is -0.383 e. The van der Waals surface area contributed by atoms with Crippen LogP contribution < -0.4 is 5.73 Å². The highest BCUT2D eigenvalue weighted by atomic mass is 14.9. The van der Waals surface area contributed by atoms with Crippen molar-refractivity contribution >= 4 is 22.4 Å². The molecule has 0 fully saturated rings. The van der Waals surface area contributed by atoms with Crippen LogP contribution in [0.15, 0.2) is 82.8 Å². The van der Waals surface area contributed by atoms with Gasteiger partial charge < -0.3 is 5.73 Å². The van der Waals surface area contributed by atoms with Crippen molar-refractivity contribution in [3.63, 3.8) is 0 Å². The molecule has 0 spiro atoms. The van der Waals surface area contributed by atoms with Crippen LogP contribution in [0.3, 0.4) is 0 Å². The maximum Gasteiger partial charge on any atom is 0.156 e. The van der Waals surface area contributed by atoms with Gasteiger partial charge in [0.05, 0.1) is 0 Å². The highest BCUT2D eigenvalue weighted by molar-refractivity contribution is 6.11. The van der Waals surface area contributed by atoms with Crippen molar-refractivity contribution in [1.82, 2.24) is 0 Å². The third-order valence-corrected chi connectivity index (χ3v) is 3.52. The summed E-state index contributed by atoms with van der Waals surface area (Å²) in [6, 6.07) is 24.1. The van der Waals surface area contributed by atoms with E-state index in [1.54, 1.807) is 7.05 Å². The number of nitrogens with zero attached hydrogens (tertiary/aromatic N) is 2. The fourth-order valence-electron chi connectivity index (χ4n) is 2.36. The van der Waals surface area contributed by atoms with Crippen molar-refractivity contribution in [3.05, 3.63) is 83.9 Å². The molecule has 0 amide bonds. The van der Waals surface area contributed by atoms with E-state index in [0.717, 1.165) is 16.5 Å². The first kappa shape index (κ1) is 14.0. The highest BCUT2D eigenvalue weighted by Crippen LogP contribution is 2.15. The Labute approximate surface area is 129 Å². The average Bonchev–Trinajstić information content (AvgIpc) is 2.59. The van der Waals surface area contributed by atoms with Crippen molar-refractivity contribution in [3.8, 4) is 0 Å². The number of hydrogen-bond donors (Lipinski definition) is 1. The second kappa shape index (κ2) is 6.22. The van der Waals surface area contributed by atoms with Gasteiger partial charge in [0.15, 0.2) is 5.84 Å². The van der Waals surface area contributed by atoms with Gasteiger partial charge in [0.1, 0.15) is 5.84 Å². The Morgan fingerprint density at radius 1 is 0.773 bits per heavy atom. The van der Waals surface area contributed by atoms with Crippen molar-refractivity contribution < 1.29 is 0 Å². The van der Waals surface area contributed by atoms with Gasteiger partial charge in [-0.2, -0.15) is 0 Å². The molecular formula is C19H17N3. The summed E-state index contributed by atoms with van der Waals surface area (Å²) in [7, 11) is 1.72. The Kier molecular flexibility index (Phi) is 3.97. The molecule has 0 radical (unpaired) electrons. The molecular weight excluding hydrogens is 270 g/mol. The standard InChI is InChI=1S/C19H17N3/c1-21-19(15-8-3-2-4-9-15)22-18(20)17-12-11-14-7-5-6-10-16(14)13-17/h2-13H,1H3,(H2,20,21,22). The van der Waals surface area contributed by atoms with Crippen molar-refractivity contribution in [2.75, 3.05) is 7.05 Å². The van der Waals surface area contributed by atoms with Gasteiger partial charge in [-0.3, -0.25) is 4.99 Å². The molecule has 2 N–H and O–H groups in total. The quantitative estimate of drug-likeness (QED) is 0.568. The van der Waals surface area contributed by atoms with Gasteiger partial charge in [-0.25, -0.2) is 4.99 Å². The van der Waals surface area contributed by atoms with E-state index in [1.807, 2.05) is 54.6 Å². The summed E-state index contributed by atoms with van der Waals surface area (Å²) >= 11 is 0. The number of fused-ring (bicyclic) bond motifs is 1. The molecule has 0 aliphatic carbocycles. The number of amidine groups is 2. The van der Waals surface area contributed by atoms with Crippen LogP contribution in [-0.4, -0.2) is 18.7 Å². The lowest BCUT2D eigenvalue weighted by molar-refractivity contribution is 1.37. The summed E-state index contributed by atoms with van der Waals surface area (Å²) < 4.78 is 0. The summed E-state index contributed by atoms with van der Waals surface area (Å²) in [6.07, 6.45) is 0. The average molecular weight is 287 g/mol. The topological polar surface area (TPSA) is 50.7 Å². The molecule has 0 saturated heterocycles. The van der Waals surface area contributed by atoms with Gasteiger partial charge in [0.2, 0.25) is 0 Å². The van der Waals surface area contributed by atoms with E-state index in [0.29, 0.717) is 11.7 Å². The first-order valence-corrected chi connectivity index (χ1v) is 7.13. The Morgan fingerprint density at radius 2 is 1.45 bits per heavy atom. The first-order chi connectivity index (χ1) is 10.8. The lowest BCUT2D eigenvalue weighted by Crippen LogP contribution is -2.16. The third-order valence-electron chi connectivity index (χ3n) is 3.52. The van der Waals surface area contributed by atoms with E-state index in [4.69, 9.17) is 5.73 Å². The minimum absolute atomic E-state index is 0.468. The highest BCUT2D eigenvalue weighted by Gasteiger charge is 2.04. The fourth-order valence-corrected chi connectivity index (χ4v) is 2.36. The number of benzene rings is 3. The number of hydrogen-bond acceptors (Lipinski definition) is 1. The smallest absolute Gasteiger partial charge is 0.156 e. The van der Waals surface area contributed by atoms with Crippen molar-refractivity contribution in [1.29, 1.82) is 0 Å². The van der Waals surface area contributed by atoms with Gasteiger partial charge in [-0.05, 0) is 16.8 Å². The molecule has 3 aromatic rings.